The summed E-state index contributed by atoms with van der Waals surface area (Å²) in [6, 6.07) is 0.859. The van der Waals surface area contributed by atoms with Gasteiger partial charge >= 0.3 is 0 Å². The zero-order valence-corrected chi connectivity index (χ0v) is 9.33. The van der Waals surface area contributed by atoms with E-state index in [0.29, 0.717) is 12.1 Å². The predicted molar refractivity (Wildman–Crippen MR) is 57.4 cm³/mol. The van der Waals surface area contributed by atoms with Crippen molar-refractivity contribution in [2.75, 3.05) is 13.7 Å². The summed E-state index contributed by atoms with van der Waals surface area (Å²) >= 11 is 0. The highest BCUT2D eigenvalue weighted by molar-refractivity contribution is 4.80. The van der Waals surface area contributed by atoms with E-state index in [0.717, 1.165) is 19.3 Å². The Morgan fingerprint density at radius 2 is 2.00 bits per heavy atom. The third-order valence-corrected chi connectivity index (χ3v) is 3.19. The van der Waals surface area contributed by atoms with Crippen LogP contribution in [0, 0.1) is 0 Å². The first-order chi connectivity index (χ1) is 6.80. The molecule has 0 saturated heterocycles. The fourth-order valence-corrected chi connectivity index (χ4v) is 2.10. The van der Waals surface area contributed by atoms with Crippen molar-refractivity contribution >= 4 is 0 Å². The van der Waals surface area contributed by atoms with Crippen LogP contribution in [0.1, 0.15) is 39.0 Å². The fraction of sp³-hybridized carbons (Fsp3) is 1.00. The minimum absolute atomic E-state index is 0.251. The van der Waals surface area contributed by atoms with Gasteiger partial charge in [0.15, 0.2) is 0 Å². The summed E-state index contributed by atoms with van der Waals surface area (Å²) in [7, 11) is 1.79. The summed E-state index contributed by atoms with van der Waals surface area (Å²) < 4.78 is 5.32. The van der Waals surface area contributed by atoms with Crippen molar-refractivity contribution in [1.29, 1.82) is 0 Å². The van der Waals surface area contributed by atoms with Crippen molar-refractivity contribution in [3.63, 3.8) is 0 Å². The number of hydrogen-bond acceptors (Lipinski definition) is 3. The third kappa shape index (κ3) is 3.56. The van der Waals surface area contributed by atoms with Crippen molar-refractivity contribution in [3.8, 4) is 0 Å². The highest BCUT2D eigenvalue weighted by Gasteiger charge is 2.21. The Balaban J connectivity index is 2.21. The molecule has 0 amide bonds. The molecule has 0 aromatic carbocycles. The molecule has 0 aromatic rings. The van der Waals surface area contributed by atoms with Gasteiger partial charge in [-0.2, -0.15) is 0 Å². The number of rotatable bonds is 5. The van der Waals surface area contributed by atoms with Crippen molar-refractivity contribution in [1.82, 2.24) is 5.32 Å². The summed E-state index contributed by atoms with van der Waals surface area (Å²) in [5, 5.41) is 12.6. The van der Waals surface area contributed by atoms with Crippen LogP contribution in [0.4, 0.5) is 0 Å². The lowest BCUT2D eigenvalue weighted by Gasteiger charge is -2.30. The van der Waals surface area contributed by atoms with Crippen LogP contribution in [-0.4, -0.2) is 37.0 Å². The van der Waals surface area contributed by atoms with E-state index < -0.39 is 0 Å². The second-order valence-electron chi connectivity index (χ2n) is 4.16. The van der Waals surface area contributed by atoms with Gasteiger partial charge in [-0.05, 0) is 32.1 Å². The van der Waals surface area contributed by atoms with Crippen LogP contribution >= 0.6 is 0 Å². The molecule has 0 radical (unpaired) electrons. The molecule has 1 rings (SSSR count). The minimum atomic E-state index is 0.251. The molecule has 0 aliphatic heterocycles. The van der Waals surface area contributed by atoms with Gasteiger partial charge in [0.2, 0.25) is 0 Å². The molecular weight excluding hydrogens is 178 g/mol. The van der Waals surface area contributed by atoms with Gasteiger partial charge in [-0.3, -0.25) is 0 Å². The lowest BCUT2D eigenvalue weighted by atomic mass is 9.92. The van der Waals surface area contributed by atoms with Crippen molar-refractivity contribution in [2.45, 2.75) is 57.2 Å². The highest BCUT2D eigenvalue weighted by atomic mass is 16.5. The number of hydrogen-bond donors (Lipinski definition) is 2. The Morgan fingerprint density at radius 1 is 1.36 bits per heavy atom. The third-order valence-electron chi connectivity index (χ3n) is 3.19. The number of methoxy groups -OCH3 is 1. The Hall–Kier alpha value is -0.120. The van der Waals surface area contributed by atoms with E-state index >= 15 is 0 Å². The quantitative estimate of drug-likeness (QED) is 0.704. The number of aliphatic hydroxyl groups is 1. The van der Waals surface area contributed by atoms with Gasteiger partial charge in [-0.15, -0.1) is 0 Å². The standard InChI is InChI=1S/C11H23NO2/c1-3-9(8-13)12-10-4-6-11(14-2)7-5-10/h9-13H,3-8H2,1-2H3. The van der Waals surface area contributed by atoms with E-state index in [2.05, 4.69) is 12.2 Å². The van der Waals surface area contributed by atoms with Crippen LogP contribution in [-0.2, 0) is 4.74 Å². The first-order valence-corrected chi connectivity index (χ1v) is 5.69. The predicted octanol–water partition coefficient (Wildman–Crippen LogP) is 1.30. The second-order valence-corrected chi connectivity index (χ2v) is 4.16. The normalized spacial score (nSPS) is 30.2. The first kappa shape index (κ1) is 12.0. The molecule has 3 heteroatoms. The summed E-state index contributed by atoms with van der Waals surface area (Å²) in [4.78, 5) is 0. The molecule has 0 aromatic heterocycles. The average Bonchev–Trinajstić information content (AvgIpc) is 2.26. The molecule has 3 nitrogen and oxygen atoms in total. The van der Waals surface area contributed by atoms with E-state index in [1.807, 2.05) is 0 Å². The minimum Gasteiger partial charge on any atom is -0.395 e. The van der Waals surface area contributed by atoms with Gasteiger partial charge in [-0.25, -0.2) is 0 Å². The molecule has 1 saturated carbocycles. The molecule has 0 spiro atoms. The molecule has 2 N–H and O–H groups in total. The zero-order valence-electron chi connectivity index (χ0n) is 9.33. The van der Waals surface area contributed by atoms with Crippen LogP contribution in [0.15, 0.2) is 0 Å². The number of ether oxygens (including phenoxy) is 1. The number of aliphatic hydroxyl groups excluding tert-OH is 1. The Morgan fingerprint density at radius 3 is 2.43 bits per heavy atom. The molecule has 0 bridgehead atoms. The van der Waals surface area contributed by atoms with Gasteiger partial charge in [0, 0.05) is 19.2 Å². The highest BCUT2D eigenvalue weighted by Crippen LogP contribution is 2.21. The Kier molecular flexibility index (Phi) is 5.45. The van der Waals surface area contributed by atoms with Crippen LogP contribution in [0.5, 0.6) is 0 Å². The lowest BCUT2D eigenvalue weighted by Crippen LogP contribution is -2.42. The topological polar surface area (TPSA) is 41.5 Å². The summed E-state index contributed by atoms with van der Waals surface area (Å²) in [6.45, 7) is 2.36. The van der Waals surface area contributed by atoms with Crippen molar-refractivity contribution in [3.05, 3.63) is 0 Å². The Bertz CT molecular complexity index is 140. The average molecular weight is 201 g/mol. The van der Waals surface area contributed by atoms with Gasteiger partial charge in [0.05, 0.1) is 12.7 Å². The van der Waals surface area contributed by atoms with Crippen LogP contribution in [0.2, 0.25) is 0 Å². The van der Waals surface area contributed by atoms with Gasteiger partial charge in [-0.1, -0.05) is 6.92 Å². The fourth-order valence-electron chi connectivity index (χ4n) is 2.10. The maximum Gasteiger partial charge on any atom is 0.0584 e. The van der Waals surface area contributed by atoms with E-state index in [4.69, 9.17) is 9.84 Å². The number of nitrogens with one attached hydrogen (secondary N) is 1. The maximum atomic E-state index is 9.07. The molecule has 1 fully saturated rings. The summed E-state index contributed by atoms with van der Waals surface area (Å²) in [5.41, 5.74) is 0. The molecule has 1 aliphatic rings. The zero-order chi connectivity index (χ0) is 10.4. The largest absolute Gasteiger partial charge is 0.395 e. The summed E-state index contributed by atoms with van der Waals surface area (Å²) in [6.07, 6.45) is 6.11. The molecule has 1 atom stereocenters. The van der Waals surface area contributed by atoms with Crippen LogP contribution in [0.25, 0.3) is 0 Å². The smallest absolute Gasteiger partial charge is 0.0584 e. The van der Waals surface area contributed by atoms with Crippen LogP contribution in [0.3, 0.4) is 0 Å². The second kappa shape index (κ2) is 6.38. The van der Waals surface area contributed by atoms with Gasteiger partial charge < -0.3 is 15.2 Å². The molecule has 14 heavy (non-hydrogen) atoms. The first-order valence-electron chi connectivity index (χ1n) is 5.69. The molecule has 1 aliphatic carbocycles. The molecule has 84 valence electrons. The van der Waals surface area contributed by atoms with Gasteiger partial charge in [0.1, 0.15) is 0 Å². The van der Waals surface area contributed by atoms with E-state index in [9.17, 15) is 0 Å². The van der Waals surface area contributed by atoms with Gasteiger partial charge in [0.25, 0.3) is 0 Å². The van der Waals surface area contributed by atoms with E-state index in [-0.39, 0.29) is 12.6 Å². The van der Waals surface area contributed by atoms with Crippen LogP contribution < -0.4 is 5.32 Å². The monoisotopic (exact) mass is 201 g/mol. The lowest BCUT2D eigenvalue weighted by molar-refractivity contribution is 0.0596. The molecule has 0 heterocycles. The SMILES string of the molecule is CCC(CO)NC1CCC(OC)CC1. The maximum absolute atomic E-state index is 9.07. The van der Waals surface area contributed by atoms with E-state index in [1.165, 1.54) is 12.8 Å². The summed E-state index contributed by atoms with van der Waals surface area (Å²) in [5.74, 6) is 0. The molecular formula is C11H23NO2. The van der Waals surface area contributed by atoms with E-state index in [1.54, 1.807) is 7.11 Å². The Labute approximate surface area is 86.8 Å². The van der Waals surface area contributed by atoms with Crippen molar-refractivity contribution in [2.24, 2.45) is 0 Å². The molecule has 1 unspecified atom stereocenters. The van der Waals surface area contributed by atoms with Crippen molar-refractivity contribution < 1.29 is 9.84 Å².